The summed E-state index contributed by atoms with van der Waals surface area (Å²) in [6, 6.07) is 0.890. The third-order valence-corrected chi connectivity index (χ3v) is 7.94. The number of nitrogens with zero attached hydrogens (tertiary/aromatic N) is 1. The molecule has 30 heavy (non-hydrogen) atoms. The highest BCUT2D eigenvalue weighted by molar-refractivity contribution is 8.45. The van der Waals surface area contributed by atoms with Crippen LogP contribution in [0.4, 0.5) is 38.3 Å². The molecule has 0 unspecified atom stereocenters. The Morgan fingerprint density at radius 2 is 1.67 bits per heavy atom. The molecule has 3 aliphatic rings. The maximum Gasteiger partial charge on any atom is 0.433 e. The predicted molar refractivity (Wildman–Crippen MR) is 94.9 cm³/mol. The van der Waals surface area contributed by atoms with Crippen molar-refractivity contribution in [3.63, 3.8) is 0 Å². The van der Waals surface area contributed by atoms with Gasteiger partial charge in [-0.3, -0.25) is 5.10 Å². The number of halogens is 8. The van der Waals surface area contributed by atoms with E-state index >= 15 is 0 Å². The lowest BCUT2D eigenvalue weighted by Crippen LogP contribution is -2.36. The van der Waals surface area contributed by atoms with Gasteiger partial charge in [0.25, 0.3) is 0 Å². The SMILES string of the molecule is FC(F)(F)c1[nH]ncc1[C@@H]1Nc2ccc(S(F)(F)(F)(F)F)cc2[C@H]2[C@@H]3CC[C@@H](C3)[C@H]21. The van der Waals surface area contributed by atoms with Gasteiger partial charge in [-0.15, -0.1) is 0 Å². The molecule has 5 rings (SSSR count). The lowest BCUT2D eigenvalue weighted by Gasteiger charge is -2.45. The van der Waals surface area contributed by atoms with Crippen molar-refractivity contribution in [3.05, 3.63) is 41.2 Å². The van der Waals surface area contributed by atoms with Gasteiger partial charge in [-0.05, 0) is 66.7 Å². The quantitative estimate of drug-likeness (QED) is 0.460. The maximum absolute atomic E-state index is 13.4. The minimum absolute atomic E-state index is 0.00487. The van der Waals surface area contributed by atoms with Gasteiger partial charge in [0.1, 0.15) is 10.6 Å². The van der Waals surface area contributed by atoms with Gasteiger partial charge in [0.15, 0.2) is 0 Å². The van der Waals surface area contributed by atoms with Crippen molar-refractivity contribution in [2.24, 2.45) is 17.8 Å². The summed E-state index contributed by atoms with van der Waals surface area (Å²) in [4.78, 5) is -1.96. The zero-order valence-electron chi connectivity index (χ0n) is 15.2. The molecule has 2 heterocycles. The number of fused-ring (bicyclic) bond motifs is 7. The van der Waals surface area contributed by atoms with E-state index in [1.54, 1.807) is 0 Å². The molecule has 0 radical (unpaired) electrons. The van der Waals surface area contributed by atoms with Gasteiger partial charge in [-0.2, -0.15) is 18.3 Å². The molecule has 1 aromatic heterocycles. The molecule has 12 heteroatoms. The van der Waals surface area contributed by atoms with E-state index in [1.807, 2.05) is 5.10 Å². The van der Waals surface area contributed by atoms with Gasteiger partial charge in [-0.1, -0.05) is 19.4 Å². The van der Waals surface area contributed by atoms with E-state index in [9.17, 15) is 32.6 Å². The summed E-state index contributed by atoms with van der Waals surface area (Å²) in [7, 11) is -9.87. The first-order chi connectivity index (χ1) is 13.6. The Hall–Kier alpha value is -1.98. The normalized spacial score (nSPS) is 32.7. The predicted octanol–water partition coefficient (Wildman–Crippen LogP) is 7.38. The molecule has 2 bridgehead atoms. The highest BCUT2D eigenvalue weighted by Gasteiger charge is 2.66. The van der Waals surface area contributed by atoms with Crippen molar-refractivity contribution in [1.82, 2.24) is 10.2 Å². The molecular weight excluding hydrogens is 442 g/mol. The van der Waals surface area contributed by atoms with E-state index in [2.05, 4.69) is 10.4 Å². The van der Waals surface area contributed by atoms with Crippen LogP contribution in [-0.4, -0.2) is 10.2 Å². The van der Waals surface area contributed by atoms with E-state index in [0.29, 0.717) is 18.6 Å². The Bertz CT molecular complexity index is 1030. The van der Waals surface area contributed by atoms with Crippen LogP contribution < -0.4 is 5.32 Å². The Morgan fingerprint density at radius 3 is 2.33 bits per heavy atom. The van der Waals surface area contributed by atoms with Gasteiger partial charge < -0.3 is 5.32 Å². The molecule has 2 aromatic rings. The number of aromatic amines is 1. The molecular formula is C18H17F8N3S. The summed E-state index contributed by atoms with van der Waals surface area (Å²) in [6.07, 6.45) is -1.46. The number of anilines is 1. The topological polar surface area (TPSA) is 40.7 Å². The fraction of sp³-hybridized carbons (Fsp3) is 0.500. The molecule has 0 saturated heterocycles. The van der Waals surface area contributed by atoms with E-state index in [4.69, 9.17) is 0 Å². The van der Waals surface area contributed by atoms with Crippen molar-refractivity contribution in [2.45, 2.75) is 42.3 Å². The third-order valence-electron chi connectivity index (χ3n) is 6.79. The number of hydrogen-bond acceptors (Lipinski definition) is 2. The minimum atomic E-state index is -9.87. The van der Waals surface area contributed by atoms with Crippen LogP contribution in [0.25, 0.3) is 0 Å². The average Bonchev–Trinajstić information content (AvgIpc) is 3.33. The minimum Gasteiger partial charge on any atom is -0.378 e. The first-order valence-corrected chi connectivity index (χ1v) is 11.3. The molecule has 1 aromatic carbocycles. The Balaban J connectivity index is 1.65. The number of H-pyrrole nitrogens is 1. The van der Waals surface area contributed by atoms with Gasteiger partial charge >= 0.3 is 16.4 Å². The van der Waals surface area contributed by atoms with E-state index in [1.165, 1.54) is 0 Å². The molecule has 2 saturated carbocycles. The molecule has 2 fully saturated rings. The third kappa shape index (κ3) is 2.97. The summed E-state index contributed by atoms with van der Waals surface area (Å²) in [5.41, 5.74) is -0.832. The van der Waals surface area contributed by atoms with Crippen LogP contribution in [0.15, 0.2) is 29.3 Å². The number of aromatic nitrogens is 2. The number of alkyl halides is 3. The second-order valence-corrected chi connectivity index (χ2v) is 10.9. The van der Waals surface area contributed by atoms with Gasteiger partial charge in [-0.25, -0.2) is 0 Å². The van der Waals surface area contributed by atoms with Crippen LogP contribution in [0.3, 0.4) is 0 Å². The highest BCUT2D eigenvalue weighted by atomic mass is 32.5. The van der Waals surface area contributed by atoms with Gasteiger partial charge in [0, 0.05) is 11.3 Å². The van der Waals surface area contributed by atoms with Crippen molar-refractivity contribution in [2.75, 3.05) is 5.32 Å². The molecule has 2 N–H and O–H groups in total. The number of benzene rings is 1. The zero-order valence-corrected chi connectivity index (χ0v) is 16.0. The van der Waals surface area contributed by atoms with Crippen molar-refractivity contribution in [1.29, 1.82) is 0 Å². The van der Waals surface area contributed by atoms with Crippen molar-refractivity contribution < 1.29 is 32.6 Å². The summed E-state index contributed by atoms with van der Waals surface area (Å²) in [6.45, 7) is 0. The van der Waals surface area contributed by atoms with Crippen molar-refractivity contribution >= 4 is 15.9 Å². The highest BCUT2D eigenvalue weighted by Crippen LogP contribution is 3.02. The van der Waals surface area contributed by atoms with Crippen LogP contribution in [0.1, 0.15) is 48.0 Å². The fourth-order valence-electron chi connectivity index (χ4n) is 5.77. The summed E-state index contributed by atoms with van der Waals surface area (Å²) in [5.74, 6) is -0.978. The van der Waals surface area contributed by atoms with Gasteiger partial charge in [0.05, 0.1) is 12.2 Å². The van der Waals surface area contributed by atoms with Crippen LogP contribution in [0, 0.1) is 17.8 Å². The Kier molecular flexibility index (Phi) is 3.49. The number of hydrogen-bond donors (Lipinski definition) is 2. The molecule has 2 aliphatic carbocycles. The molecule has 166 valence electrons. The van der Waals surface area contributed by atoms with Crippen LogP contribution >= 0.6 is 10.2 Å². The lowest BCUT2D eigenvalue weighted by molar-refractivity contribution is -0.142. The fourth-order valence-corrected chi connectivity index (χ4v) is 6.45. The largest absolute Gasteiger partial charge is 0.433 e. The summed E-state index contributed by atoms with van der Waals surface area (Å²) in [5, 5.41) is 8.42. The van der Waals surface area contributed by atoms with Crippen LogP contribution in [0.5, 0.6) is 0 Å². The summed E-state index contributed by atoms with van der Waals surface area (Å²) >= 11 is 0. The second kappa shape index (κ2) is 5.25. The van der Waals surface area contributed by atoms with E-state index in [0.717, 1.165) is 25.1 Å². The molecule has 3 nitrogen and oxygen atoms in total. The standard InChI is InChI=1S/C18H17F8N3S/c19-18(20,21)17-12(7-27-29-17)16-15-9-2-1-8(5-9)14(15)11-6-10(3-4-13(11)28-16)30(22,23,24,25)26/h3-4,6-9,14-16,28H,1-2,5H2,(H,27,29)/t8-,9+,14-,15-,16+/m1/s1. The smallest absolute Gasteiger partial charge is 0.378 e. The number of rotatable bonds is 2. The molecule has 5 atom stereocenters. The molecule has 1 aliphatic heterocycles. The first kappa shape index (κ1) is 20.0. The number of nitrogens with one attached hydrogen (secondary N) is 2. The maximum atomic E-state index is 13.4. The zero-order chi connectivity index (χ0) is 21.8. The Morgan fingerprint density at radius 1 is 0.967 bits per heavy atom. The van der Waals surface area contributed by atoms with E-state index in [-0.39, 0.29) is 28.7 Å². The second-order valence-electron chi connectivity index (χ2n) is 8.47. The summed E-state index contributed by atoms with van der Waals surface area (Å²) < 4.78 is 107. The van der Waals surface area contributed by atoms with Crippen molar-refractivity contribution in [3.8, 4) is 0 Å². The van der Waals surface area contributed by atoms with E-state index < -0.39 is 44.9 Å². The first-order valence-electron chi connectivity index (χ1n) is 9.38. The van der Waals surface area contributed by atoms with Gasteiger partial charge in [0.2, 0.25) is 0 Å². The Labute approximate surface area is 165 Å². The monoisotopic (exact) mass is 459 g/mol. The van der Waals surface area contributed by atoms with Crippen LogP contribution in [-0.2, 0) is 6.18 Å². The molecule has 0 spiro atoms. The average molecular weight is 459 g/mol. The molecule has 0 amide bonds. The van der Waals surface area contributed by atoms with Crippen LogP contribution in [0.2, 0.25) is 0 Å². The lowest BCUT2D eigenvalue weighted by atomic mass is 9.68.